The van der Waals surface area contributed by atoms with Gasteiger partial charge in [0.1, 0.15) is 5.56 Å². The summed E-state index contributed by atoms with van der Waals surface area (Å²) in [5.41, 5.74) is -0.0590. The molecule has 5 rings (SSSR count). The Morgan fingerprint density at radius 1 is 1.21 bits per heavy atom. The molecule has 43 heavy (non-hydrogen) atoms. The van der Waals surface area contributed by atoms with Gasteiger partial charge < -0.3 is 28.8 Å². The molecule has 0 saturated carbocycles. The number of hydrogen-bond acceptors (Lipinski definition) is 6. The summed E-state index contributed by atoms with van der Waals surface area (Å²) >= 11 is 0. The summed E-state index contributed by atoms with van der Waals surface area (Å²) in [7, 11) is 1.55. The summed E-state index contributed by atoms with van der Waals surface area (Å²) in [6, 6.07) is 3.43. The Labute approximate surface area is 255 Å². The molecule has 2 saturated heterocycles. The number of carboxylic acids is 1. The third-order valence-electron chi connectivity index (χ3n) is 9.78. The number of halogens is 1. The summed E-state index contributed by atoms with van der Waals surface area (Å²) in [5, 5.41) is 9.75. The van der Waals surface area contributed by atoms with Gasteiger partial charge in [-0.3, -0.25) is 4.79 Å². The van der Waals surface area contributed by atoms with Crippen molar-refractivity contribution < 1.29 is 28.5 Å². The van der Waals surface area contributed by atoms with Crippen LogP contribution >= 0.6 is 0 Å². The van der Waals surface area contributed by atoms with Gasteiger partial charge in [0, 0.05) is 48.8 Å². The van der Waals surface area contributed by atoms with Crippen molar-refractivity contribution in [2.75, 3.05) is 46.6 Å². The van der Waals surface area contributed by atoms with Crippen LogP contribution in [0.2, 0.25) is 0 Å². The van der Waals surface area contributed by atoms with Crippen molar-refractivity contribution in [2.45, 2.75) is 79.7 Å². The minimum Gasteiger partial charge on any atom is -0.493 e. The molecule has 2 aromatic rings. The van der Waals surface area contributed by atoms with Crippen LogP contribution < -0.4 is 14.9 Å². The Morgan fingerprint density at radius 3 is 2.42 bits per heavy atom. The second-order valence-corrected chi connectivity index (χ2v) is 12.9. The first-order valence-corrected chi connectivity index (χ1v) is 15.8. The second-order valence-electron chi connectivity index (χ2n) is 12.9. The Kier molecular flexibility index (Phi) is 9.96. The van der Waals surface area contributed by atoms with Crippen molar-refractivity contribution in [1.29, 1.82) is 0 Å². The molecule has 3 aliphatic heterocycles. The molecule has 1 spiro atoms. The zero-order valence-corrected chi connectivity index (χ0v) is 27.1. The standard InChI is InChI=1S/C32H43FN2O6.C2H6/c1-7-19(3)25-20-12-24(41-11-9-10-34-15-32(16-34)17-40-18-32)23(39-6)13-21(20)27-26(33)28(36)22(30(37)38)14-35(27)29(25)31(4,5)8-2;1-2/h12-14,19,25,29H,7-11,15-18H2,1-6H3,(H,37,38);1-2H3/t19?,25-,29+;/m1./s1. The summed E-state index contributed by atoms with van der Waals surface area (Å²) in [6.07, 6.45) is 3.85. The molecular weight excluding hydrogens is 551 g/mol. The quantitative estimate of drug-likeness (QED) is 0.290. The number of carboxylic acid groups (broad SMARTS) is 1. The van der Waals surface area contributed by atoms with E-state index in [1.54, 1.807) is 17.7 Å². The number of carbonyl (C=O) groups is 1. The summed E-state index contributed by atoms with van der Waals surface area (Å²) in [4.78, 5) is 27.3. The van der Waals surface area contributed by atoms with Gasteiger partial charge in [-0.25, -0.2) is 9.18 Å². The number of aromatic nitrogens is 1. The molecule has 9 heteroatoms. The fourth-order valence-corrected chi connectivity index (χ4v) is 6.95. The van der Waals surface area contributed by atoms with Gasteiger partial charge in [-0.2, -0.15) is 0 Å². The second kappa shape index (κ2) is 13.0. The van der Waals surface area contributed by atoms with Gasteiger partial charge in [0.25, 0.3) is 0 Å². The average molecular weight is 601 g/mol. The van der Waals surface area contributed by atoms with Crippen LogP contribution in [-0.4, -0.2) is 67.1 Å². The van der Waals surface area contributed by atoms with E-state index in [0.717, 1.165) is 57.7 Å². The number of pyridine rings is 1. The van der Waals surface area contributed by atoms with Crippen LogP contribution in [0.25, 0.3) is 11.3 Å². The number of fused-ring (bicyclic) bond motifs is 3. The monoisotopic (exact) mass is 600 g/mol. The lowest BCUT2D eigenvalue weighted by Crippen LogP contribution is -2.65. The molecule has 3 atom stereocenters. The normalized spacial score (nSPS) is 21.0. The molecular formula is C34H49FN2O6. The first-order valence-electron chi connectivity index (χ1n) is 15.8. The Balaban J connectivity index is 0.00000207. The third kappa shape index (κ3) is 5.95. The highest BCUT2D eigenvalue weighted by Gasteiger charge is 2.48. The zero-order valence-electron chi connectivity index (χ0n) is 27.1. The van der Waals surface area contributed by atoms with Gasteiger partial charge in [-0.1, -0.05) is 54.9 Å². The van der Waals surface area contributed by atoms with Crippen molar-refractivity contribution >= 4 is 5.97 Å². The first kappa shape index (κ1) is 33.0. The van der Waals surface area contributed by atoms with Crippen molar-refractivity contribution in [1.82, 2.24) is 9.47 Å². The van der Waals surface area contributed by atoms with Crippen LogP contribution in [0.5, 0.6) is 11.5 Å². The number of ether oxygens (including phenoxy) is 3. The molecule has 0 bridgehead atoms. The molecule has 4 heterocycles. The molecule has 1 unspecified atom stereocenters. The van der Waals surface area contributed by atoms with E-state index in [2.05, 4.69) is 39.5 Å². The fraction of sp³-hybridized carbons (Fsp3) is 0.647. The molecule has 0 radical (unpaired) electrons. The number of rotatable bonds is 11. The lowest BCUT2D eigenvalue weighted by molar-refractivity contribution is -0.189. The molecule has 2 fully saturated rings. The van der Waals surface area contributed by atoms with Crippen LogP contribution in [0.15, 0.2) is 23.1 Å². The molecule has 1 aromatic heterocycles. The zero-order chi connectivity index (χ0) is 31.7. The van der Waals surface area contributed by atoms with Gasteiger partial charge in [0.05, 0.1) is 32.6 Å². The van der Waals surface area contributed by atoms with Gasteiger partial charge in [0.2, 0.25) is 5.43 Å². The molecule has 1 aromatic carbocycles. The minimum atomic E-state index is -1.43. The summed E-state index contributed by atoms with van der Waals surface area (Å²) in [6.45, 7) is 20.0. The van der Waals surface area contributed by atoms with Gasteiger partial charge in [-0.15, -0.1) is 0 Å². The Morgan fingerprint density at radius 2 is 1.88 bits per heavy atom. The van der Waals surface area contributed by atoms with Gasteiger partial charge >= 0.3 is 5.97 Å². The van der Waals surface area contributed by atoms with E-state index < -0.39 is 22.8 Å². The van der Waals surface area contributed by atoms with Crippen LogP contribution in [0.4, 0.5) is 4.39 Å². The molecule has 238 valence electrons. The van der Waals surface area contributed by atoms with Gasteiger partial charge in [0.15, 0.2) is 17.3 Å². The van der Waals surface area contributed by atoms with E-state index >= 15 is 4.39 Å². The minimum absolute atomic E-state index is 0.0729. The Hall–Kier alpha value is -2.91. The van der Waals surface area contributed by atoms with E-state index in [1.807, 2.05) is 19.9 Å². The van der Waals surface area contributed by atoms with E-state index in [1.165, 1.54) is 6.20 Å². The largest absolute Gasteiger partial charge is 0.493 e. The van der Waals surface area contributed by atoms with Crippen LogP contribution in [-0.2, 0) is 4.74 Å². The molecule has 8 nitrogen and oxygen atoms in total. The predicted octanol–water partition coefficient (Wildman–Crippen LogP) is 6.61. The van der Waals surface area contributed by atoms with Crippen LogP contribution in [0.3, 0.4) is 0 Å². The lowest BCUT2D eigenvalue weighted by Gasteiger charge is -2.55. The van der Waals surface area contributed by atoms with Crippen molar-refractivity contribution in [3.63, 3.8) is 0 Å². The Bertz CT molecular complexity index is 1370. The van der Waals surface area contributed by atoms with Crippen molar-refractivity contribution in [3.05, 3.63) is 45.5 Å². The molecule has 3 aliphatic rings. The smallest absolute Gasteiger partial charge is 0.341 e. The van der Waals surface area contributed by atoms with Crippen molar-refractivity contribution in [2.24, 2.45) is 16.7 Å². The summed E-state index contributed by atoms with van der Waals surface area (Å²) in [5.74, 6) is -1.32. The van der Waals surface area contributed by atoms with E-state index in [9.17, 15) is 14.7 Å². The lowest BCUT2D eigenvalue weighted by atomic mass is 9.65. The number of likely N-dealkylation sites (tertiary alicyclic amines) is 1. The van der Waals surface area contributed by atoms with E-state index in [4.69, 9.17) is 14.2 Å². The highest BCUT2D eigenvalue weighted by molar-refractivity contribution is 5.88. The summed E-state index contributed by atoms with van der Waals surface area (Å²) < 4.78 is 35.0. The van der Waals surface area contributed by atoms with Gasteiger partial charge in [-0.05, 0) is 41.9 Å². The van der Waals surface area contributed by atoms with Crippen LogP contribution in [0.1, 0.15) is 95.6 Å². The van der Waals surface area contributed by atoms with E-state index in [0.29, 0.717) is 29.1 Å². The third-order valence-corrected chi connectivity index (χ3v) is 9.78. The number of nitrogens with zero attached hydrogens (tertiary/aromatic N) is 2. The average Bonchev–Trinajstić information content (AvgIpc) is 2.95. The molecule has 0 amide bonds. The molecule has 1 N–H and O–H groups in total. The SMILES string of the molecule is CC.CCC(C)[C@@H]1c2cc(OCCCN3CC4(COC4)C3)c(OC)cc2-c2c(F)c(=O)c(C(=O)O)cn2[C@@H]1C(C)(C)CC. The topological polar surface area (TPSA) is 90.2 Å². The highest BCUT2D eigenvalue weighted by atomic mass is 19.1. The number of aromatic carboxylic acids is 1. The predicted molar refractivity (Wildman–Crippen MR) is 166 cm³/mol. The highest BCUT2D eigenvalue weighted by Crippen LogP contribution is 2.56. The number of benzene rings is 1. The molecule has 0 aliphatic carbocycles. The maximum atomic E-state index is 16.0. The fourth-order valence-electron chi connectivity index (χ4n) is 6.95. The first-order chi connectivity index (χ1) is 20.5. The number of methoxy groups -OCH3 is 1. The van der Waals surface area contributed by atoms with E-state index in [-0.39, 0.29) is 29.0 Å². The van der Waals surface area contributed by atoms with Crippen LogP contribution in [0, 0.1) is 22.6 Å². The maximum absolute atomic E-state index is 16.0. The van der Waals surface area contributed by atoms with Crippen molar-refractivity contribution in [3.8, 4) is 22.8 Å². The number of hydrogen-bond donors (Lipinski definition) is 1. The maximum Gasteiger partial charge on any atom is 0.341 e.